The first-order chi connectivity index (χ1) is 13.4. The van der Waals surface area contributed by atoms with E-state index in [1.165, 1.54) is 15.9 Å². The SMILES string of the molecule is CC(C)=CCN1CCC(NC(=O)c2cccc(S(=O)(=O)N3CCCC3)c2)CC1. The monoisotopic (exact) mass is 405 g/mol. The van der Waals surface area contributed by atoms with Crippen molar-refractivity contribution in [1.29, 1.82) is 0 Å². The number of hydrogen-bond acceptors (Lipinski definition) is 4. The number of nitrogens with zero attached hydrogens (tertiary/aromatic N) is 2. The molecule has 3 rings (SSSR count). The van der Waals surface area contributed by atoms with Gasteiger partial charge >= 0.3 is 0 Å². The number of sulfonamides is 1. The van der Waals surface area contributed by atoms with Gasteiger partial charge in [-0.2, -0.15) is 4.31 Å². The normalized spacial score (nSPS) is 19.5. The molecule has 28 heavy (non-hydrogen) atoms. The average Bonchev–Trinajstić information content (AvgIpc) is 3.23. The molecule has 0 atom stereocenters. The smallest absolute Gasteiger partial charge is 0.251 e. The van der Waals surface area contributed by atoms with Crippen LogP contribution < -0.4 is 5.32 Å². The molecule has 7 heteroatoms. The van der Waals surface area contributed by atoms with Gasteiger partial charge in [0.2, 0.25) is 10.0 Å². The number of likely N-dealkylation sites (tertiary alicyclic amines) is 1. The molecule has 2 aliphatic rings. The summed E-state index contributed by atoms with van der Waals surface area (Å²) in [7, 11) is -3.51. The van der Waals surface area contributed by atoms with Crippen LogP contribution in [0.1, 0.15) is 49.9 Å². The Kier molecular flexibility index (Phi) is 6.91. The quantitative estimate of drug-likeness (QED) is 0.739. The Bertz CT molecular complexity index is 817. The number of amides is 1. The molecule has 2 saturated heterocycles. The minimum atomic E-state index is -3.51. The highest BCUT2D eigenvalue weighted by Gasteiger charge is 2.28. The van der Waals surface area contributed by atoms with Crippen molar-refractivity contribution in [3.05, 3.63) is 41.5 Å². The van der Waals surface area contributed by atoms with Crippen LogP contribution in [0.25, 0.3) is 0 Å². The van der Waals surface area contributed by atoms with Crippen molar-refractivity contribution < 1.29 is 13.2 Å². The van der Waals surface area contributed by atoms with Gasteiger partial charge in [-0.15, -0.1) is 0 Å². The van der Waals surface area contributed by atoms with E-state index in [4.69, 9.17) is 0 Å². The number of benzene rings is 1. The van der Waals surface area contributed by atoms with Gasteiger partial charge in [-0.05, 0) is 57.7 Å². The number of hydrogen-bond donors (Lipinski definition) is 1. The standard InChI is InChI=1S/C21H31N3O3S/c1-17(2)8-13-23-14-9-19(10-15-23)22-21(25)18-6-5-7-20(16-18)28(26,27)24-11-3-4-12-24/h5-8,16,19H,3-4,9-15H2,1-2H3,(H,22,25). The first kappa shape index (κ1) is 21.0. The largest absolute Gasteiger partial charge is 0.349 e. The van der Waals surface area contributed by atoms with Crippen LogP contribution in [-0.4, -0.2) is 62.3 Å². The molecular formula is C21H31N3O3S. The lowest BCUT2D eigenvalue weighted by molar-refractivity contribution is 0.0914. The second-order valence-electron chi connectivity index (χ2n) is 7.97. The van der Waals surface area contributed by atoms with E-state index < -0.39 is 10.0 Å². The highest BCUT2D eigenvalue weighted by molar-refractivity contribution is 7.89. The molecule has 6 nitrogen and oxygen atoms in total. The predicted molar refractivity (Wildman–Crippen MR) is 111 cm³/mol. The Hall–Kier alpha value is -1.70. The lowest BCUT2D eigenvalue weighted by Crippen LogP contribution is -2.44. The van der Waals surface area contributed by atoms with Crippen LogP contribution in [0.15, 0.2) is 40.8 Å². The summed E-state index contributed by atoms with van der Waals surface area (Å²) in [6, 6.07) is 6.55. The van der Waals surface area contributed by atoms with E-state index in [2.05, 4.69) is 30.1 Å². The second-order valence-corrected chi connectivity index (χ2v) is 9.91. The van der Waals surface area contributed by atoms with Gasteiger partial charge < -0.3 is 5.32 Å². The Balaban J connectivity index is 1.59. The van der Waals surface area contributed by atoms with E-state index in [1.54, 1.807) is 18.2 Å². The lowest BCUT2D eigenvalue weighted by Gasteiger charge is -2.31. The highest BCUT2D eigenvalue weighted by Crippen LogP contribution is 2.22. The van der Waals surface area contributed by atoms with Crippen molar-refractivity contribution in [1.82, 2.24) is 14.5 Å². The summed E-state index contributed by atoms with van der Waals surface area (Å²) in [5.74, 6) is -0.193. The van der Waals surface area contributed by atoms with E-state index in [9.17, 15) is 13.2 Å². The molecule has 0 aliphatic carbocycles. The van der Waals surface area contributed by atoms with Crippen LogP contribution in [-0.2, 0) is 10.0 Å². The molecule has 2 fully saturated rings. The molecular weight excluding hydrogens is 374 g/mol. The van der Waals surface area contributed by atoms with Gasteiger partial charge in [-0.1, -0.05) is 17.7 Å². The van der Waals surface area contributed by atoms with Crippen LogP contribution in [0.4, 0.5) is 0 Å². The van der Waals surface area contributed by atoms with E-state index in [1.807, 2.05) is 0 Å². The maximum absolute atomic E-state index is 12.7. The Morgan fingerprint density at radius 1 is 1.14 bits per heavy atom. The third-order valence-electron chi connectivity index (χ3n) is 5.48. The molecule has 1 amide bonds. The maximum atomic E-state index is 12.7. The van der Waals surface area contributed by atoms with Crippen LogP contribution in [0.3, 0.4) is 0 Å². The van der Waals surface area contributed by atoms with Crippen molar-refractivity contribution >= 4 is 15.9 Å². The number of rotatable bonds is 6. The molecule has 2 heterocycles. The van der Waals surface area contributed by atoms with Gasteiger partial charge in [-0.25, -0.2) is 8.42 Å². The zero-order valence-electron chi connectivity index (χ0n) is 16.9. The number of carbonyl (C=O) groups excluding carboxylic acids is 1. The van der Waals surface area contributed by atoms with Gasteiger partial charge in [0.05, 0.1) is 4.90 Å². The van der Waals surface area contributed by atoms with Crippen molar-refractivity contribution in [2.75, 3.05) is 32.7 Å². The van der Waals surface area contributed by atoms with Crippen LogP contribution in [0.2, 0.25) is 0 Å². The molecule has 0 radical (unpaired) electrons. The first-order valence-electron chi connectivity index (χ1n) is 10.1. The molecule has 2 aliphatic heterocycles. The topological polar surface area (TPSA) is 69.7 Å². The summed E-state index contributed by atoms with van der Waals surface area (Å²) < 4.78 is 27.0. The van der Waals surface area contributed by atoms with Gasteiger partial charge in [0.25, 0.3) is 5.91 Å². The first-order valence-corrected chi connectivity index (χ1v) is 11.6. The van der Waals surface area contributed by atoms with E-state index in [0.29, 0.717) is 18.7 Å². The summed E-state index contributed by atoms with van der Waals surface area (Å²) >= 11 is 0. The summed E-state index contributed by atoms with van der Waals surface area (Å²) in [4.78, 5) is 15.3. The zero-order chi connectivity index (χ0) is 20.1. The molecule has 0 bridgehead atoms. The van der Waals surface area contributed by atoms with E-state index >= 15 is 0 Å². The molecule has 154 valence electrons. The molecule has 0 spiro atoms. The summed E-state index contributed by atoms with van der Waals surface area (Å²) in [5.41, 5.74) is 1.73. The Morgan fingerprint density at radius 3 is 2.46 bits per heavy atom. The predicted octanol–water partition coefficient (Wildman–Crippen LogP) is 2.63. The minimum Gasteiger partial charge on any atom is -0.349 e. The Morgan fingerprint density at radius 2 is 1.82 bits per heavy atom. The molecule has 1 aromatic rings. The van der Waals surface area contributed by atoms with Gasteiger partial charge in [0, 0.05) is 44.3 Å². The van der Waals surface area contributed by atoms with Gasteiger partial charge in [-0.3, -0.25) is 9.69 Å². The number of carbonyl (C=O) groups is 1. The third-order valence-corrected chi connectivity index (χ3v) is 7.37. The number of allylic oxidation sites excluding steroid dienone is 1. The van der Waals surface area contributed by atoms with Gasteiger partial charge in [0.15, 0.2) is 0 Å². The molecule has 0 aromatic heterocycles. The van der Waals surface area contributed by atoms with Crippen molar-refractivity contribution in [3.63, 3.8) is 0 Å². The average molecular weight is 406 g/mol. The van der Waals surface area contributed by atoms with Crippen molar-refractivity contribution in [2.45, 2.75) is 50.5 Å². The van der Waals surface area contributed by atoms with Gasteiger partial charge in [0.1, 0.15) is 0 Å². The third kappa shape index (κ3) is 5.21. The summed E-state index contributed by atoms with van der Waals surface area (Å²) in [5, 5.41) is 3.08. The van der Waals surface area contributed by atoms with E-state index in [0.717, 1.165) is 45.3 Å². The molecule has 1 N–H and O–H groups in total. The fourth-order valence-corrected chi connectivity index (χ4v) is 5.28. The fourth-order valence-electron chi connectivity index (χ4n) is 3.72. The lowest BCUT2D eigenvalue weighted by atomic mass is 10.0. The van der Waals surface area contributed by atoms with Crippen LogP contribution in [0, 0.1) is 0 Å². The zero-order valence-corrected chi connectivity index (χ0v) is 17.7. The number of piperidine rings is 1. The van der Waals surface area contributed by atoms with E-state index in [-0.39, 0.29) is 16.8 Å². The Labute approximate surface area is 168 Å². The van der Waals surface area contributed by atoms with Crippen molar-refractivity contribution in [3.8, 4) is 0 Å². The summed E-state index contributed by atoms with van der Waals surface area (Å²) in [6.45, 7) is 8.19. The fraction of sp³-hybridized carbons (Fsp3) is 0.571. The van der Waals surface area contributed by atoms with Crippen LogP contribution >= 0.6 is 0 Å². The molecule has 0 unspecified atom stereocenters. The number of nitrogens with one attached hydrogen (secondary N) is 1. The minimum absolute atomic E-state index is 0.134. The second kappa shape index (κ2) is 9.20. The molecule has 1 aromatic carbocycles. The highest BCUT2D eigenvalue weighted by atomic mass is 32.2. The maximum Gasteiger partial charge on any atom is 0.251 e. The molecule has 0 saturated carbocycles. The summed E-state index contributed by atoms with van der Waals surface area (Å²) in [6.07, 6.45) is 5.84. The van der Waals surface area contributed by atoms with Crippen LogP contribution in [0.5, 0.6) is 0 Å². The van der Waals surface area contributed by atoms with Crippen molar-refractivity contribution in [2.24, 2.45) is 0 Å².